The molecule has 1 aliphatic rings. The minimum absolute atomic E-state index is 0.0988. The van der Waals surface area contributed by atoms with E-state index >= 15 is 0 Å². The number of carbonyl (C=O) groups is 2. The van der Waals surface area contributed by atoms with Crippen molar-refractivity contribution in [3.05, 3.63) is 22.4 Å². The number of piperazine rings is 1. The van der Waals surface area contributed by atoms with Crippen LogP contribution in [0.4, 0.5) is 0 Å². The van der Waals surface area contributed by atoms with Crippen molar-refractivity contribution < 1.29 is 9.59 Å². The lowest BCUT2D eigenvalue weighted by atomic mass is 9.94. The third-order valence-corrected chi connectivity index (χ3v) is 5.31. The number of amides is 1. The molecule has 1 aromatic rings. The van der Waals surface area contributed by atoms with Gasteiger partial charge >= 0.3 is 0 Å². The molecule has 0 aromatic carbocycles. The second-order valence-corrected chi connectivity index (χ2v) is 7.20. The molecule has 1 aliphatic heterocycles. The van der Waals surface area contributed by atoms with Gasteiger partial charge in [0, 0.05) is 32.1 Å². The highest BCUT2D eigenvalue weighted by Crippen LogP contribution is 2.21. The summed E-state index contributed by atoms with van der Waals surface area (Å²) in [5, 5.41) is 1.91. The van der Waals surface area contributed by atoms with Gasteiger partial charge in [-0.3, -0.25) is 14.5 Å². The SMILES string of the molecule is CC(C)(CCl)C(=O)N1CCN(CC(=O)c2cccs2)CC1. The first kappa shape index (κ1) is 16.5. The third-order valence-electron chi connectivity index (χ3n) is 3.74. The number of thiophene rings is 1. The molecule has 4 nitrogen and oxygen atoms in total. The van der Waals surface area contributed by atoms with E-state index in [1.165, 1.54) is 11.3 Å². The summed E-state index contributed by atoms with van der Waals surface area (Å²) in [6.07, 6.45) is 0. The van der Waals surface area contributed by atoms with Crippen LogP contribution in [0.2, 0.25) is 0 Å². The van der Waals surface area contributed by atoms with E-state index in [2.05, 4.69) is 4.90 Å². The van der Waals surface area contributed by atoms with Crippen LogP contribution >= 0.6 is 22.9 Å². The Labute approximate surface area is 134 Å². The van der Waals surface area contributed by atoms with E-state index in [0.29, 0.717) is 25.5 Å². The molecule has 1 aromatic heterocycles. The number of hydrogen-bond acceptors (Lipinski definition) is 4. The van der Waals surface area contributed by atoms with Crippen molar-refractivity contribution in [2.24, 2.45) is 5.41 Å². The predicted octanol–water partition coefficient (Wildman–Crippen LogP) is 2.34. The molecule has 0 aliphatic carbocycles. The lowest BCUT2D eigenvalue weighted by Crippen LogP contribution is -2.53. The Balaban J connectivity index is 1.83. The zero-order valence-electron chi connectivity index (χ0n) is 12.5. The highest BCUT2D eigenvalue weighted by molar-refractivity contribution is 7.12. The van der Waals surface area contributed by atoms with E-state index in [-0.39, 0.29) is 11.7 Å². The Bertz CT molecular complexity index is 494. The van der Waals surface area contributed by atoms with Crippen molar-refractivity contribution in [3.8, 4) is 0 Å². The van der Waals surface area contributed by atoms with Crippen LogP contribution in [0, 0.1) is 5.41 Å². The lowest BCUT2D eigenvalue weighted by molar-refractivity contribution is -0.140. The van der Waals surface area contributed by atoms with Gasteiger partial charge in [0.05, 0.1) is 16.8 Å². The van der Waals surface area contributed by atoms with Gasteiger partial charge in [-0.25, -0.2) is 0 Å². The second-order valence-electron chi connectivity index (χ2n) is 5.99. The van der Waals surface area contributed by atoms with E-state index in [1.54, 1.807) is 0 Å². The fraction of sp³-hybridized carbons (Fsp3) is 0.600. The molecule has 0 unspecified atom stereocenters. The molecule has 0 N–H and O–H groups in total. The van der Waals surface area contributed by atoms with Gasteiger partial charge in [0.2, 0.25) is 5.91 Å². The summed E-state index contributed by atoms with van der Waals surface area (Å²) >= 11 is 7.34. The van der Waals surface area contributed by atoms with Gasteiger partial charge in [-0.05, 0) is 25.3 Å². The molecule has 116 valence electrons. The van der Waals surface area contributed by atoms with Crippen molar-refractivity contribution in [1.29, 1.82) is 0 Å². The number of rotatable bonds is 5. The summed E-state index contributed by atoms with van der Waals surface area (Å²) in [4.78, 5) is 29.2. The van der Waals surface area contributed by atoms with Gasteiger partial charge in [0.15, 0.2) is 5.78 Å². The van der Waals surface area contributed by atoms with E-state index < -0.39 is 5.41 Å². The fourth-order valence-electron chi connectivity index (χ4n) is 2.31. The van der Waals surface area contributed by atoms with E-state index in [9.17, 15) is 9.59 Å². The average Bonchev–Trinajstić information content (AvgIpc) is 3.01. The molecule has 2 rings (SSSR count). The largest absolute Gasteiger partial charge is 0.340 e. The summed E-state index contributed by atoms with van der Waals surface area (Å²) in [6, 6.07) is 3.75. The third kappa shape index (κ3) is 4.05. The van der Waals surface area contributed by atoms with Gasteiger partial charge in [0.1, 0.15) is 0 Å². The minimum atomic E-state index is -0.517. The van der Waals surface area contributed by atoms with Crippen LogP contribution in [-0.2, 0) is 4.79 Å². The molecule has 6 heteroatoms. The molecule has 1 saturated heterocycles. The van der Waals surface area contributed by atoms with Gasteiger partial charge in [-0.15, -0.1) is 22.9 Å². The molecule has 21 heavy (non-hydrogen) atoms. The number of alkyl halides is 1. The van der Waals surface area contributed by atoms with Crippen LogP contribution in [0.1, 0.15) is 23.5 Å². The molecule has 0 saturated carbocycles. The van der Waals surface area contributed by atoms with Crippen molar-refractivity contribution >= 4 is 34.6 Å². The first-order chi connectivity index (χ1) is 9.94. The first-order valence-corrected chi connectivity index (χ1v) is 8.50. The molecule has 0 atom stereocenters. The Morgan fingerprint density at radius 2 is 1.95 bits per heavy atom. The Hall–Kier alpha value is -0.910. The quantitative estimate of drug-likeness (QED) is 0.615. The molecular weight excluding hydrogens is 308 g/mol. The van der Waals surface area contributed by atoms with Crippen molar-refractivity contribution in [3.63, 3.8) is 0 Å². The van der Waals surface area contributed by atoms with Crippen molar-refractivity contribution in [2.75, 3.05) is 38.6 Å². The van der Waals surface area contributed by atoms with Crippen LogP contribution in [0.25, 0.3) is 0 Å². The Morgan fingerprint density at radius 3 is 2.48 bits per heavy atom. The summed E-state index contributed by atoms with van der Waals surface area (Å²) < 4.78 is 0. The maximum absolute atomic E-state index is 12.3. The lowest BCUT2D eigenvalue weighted by Gasteiger charge is -2.37. The number of carbonyl (C=O) groups excluding carboxylic acids is 2. The standard InChI is InChI=1S/C15H21ClN2O2S/c1-15(2,11-16)14(20)18-7-5-17(6-8-18)10-12(19)13-4-3-9-21-13/h3-4,9H,5-8,10-11H2,1-2H3. The van der Waals surface area contributed by atoms with Crippen LogP contribution in [0.5, 0.6) is 0 Å². The Morgan fingerprint density at radius 1 is 1.29 bits per heavy atom. The molecule has 0 spiro atoms. The molecule has 1 amide bonds. The molecule has 2 heterocycles. The summed E-state index contributed by atoms with van der Waals surface area (Å²) in [5.74, 6) is 0.579. The van der Waals surface area contributed by atoms with Crippen LogP contribution in [0.15, 0.2) is 17.5 Å². The maximum Gasteiger partial charge on any atom is 0.229 e. The number of hydrogen-bond donors (Lipinski definition) is 0. The second kappa shape index (κ2) is 6.90. The van der Waals surface area contributed by atoms with E-state index in [0.717, 1.165) is 18.0 Å². The maximum atomic E-state index is 12.3. The van der Waals surface area contributed by atoms with Gasteiger partial charge in [0.25, 0.3) is 0 Å². The zero-order valence-corrected chi connectivity index (χ0v) is 14.0. The summed E-state index contributed by atoms with van der Waals surface area (Å²) in [5.41, 5.74) is -0.517. The fourth-order valence-corrected chi connectivity index (χ4v) is 3.08. The first-order valence-electron chi connectivity index (χ1n) is 7.08. The number of nitrogens with zero attached hydrogens (tertiary/aromatic N) is 2. The van der Waals surface area contributed by atoms with Gasteiger partial charge in [-0.1, -0.05) is 6.07 Å². The number of halogens is 1. The van der Waals surface area contributed by atoms with Gasteiger partial charge < -0.3 is 4.90 Å². The van der Waals surface area contributed by atoms with E-state index in [1.807, 2.05) is 36.3 Å². The van der Waals surface area contributed by atoms with Crippen molar-refractivity contribution in [2.45, 2.75) is 13.8 Å². The highest BCUT2D eigenvalue weighted by Gasteiger charge is 2.33. The molecule has 0 bridgehead atoms. The van der Waals surface area contributed by atoms with Crippen LogP contribution < -0.4 is 0 Å². The average molecular weight is 329 g/mol. The van der Waals surface area contributed by atoms with Crippen LogP contribution in [0.3, 0.4) is 0 Å². The normalized spacial score (nSPS) is 17.0. The minimum Gasteiger partial charge on any atom is -0.340 e. The molecular formula is C15H21ClN2O2S. The monoisotopic (exact) mass is 328 g/mol. The smallest absolute Gasteiger partial charge is 0.229 e. The van der Waals surface area contributed by atoms with E-state index in [4.69, 9.17) is 11.6 Å². The highest BCUT2D eigenvalue weighted by atomic mass is 35.5. The van der Waals surface area contributed by atoms with Gasteiger partial charge in [-0.2, -0.15) is 0 Å². The molecule has 1 fully saturated rings. The molecule has 0 radical (unpaired) electrons. The topological polar surface area (TPSA) is 40.6 Å². The van der Waals surface area contributed by atoms with Crippen LogP contribution in [-0.4, -0.2) is 60.1 Å². The summed E-state index contributed by atoms with van der Waals surface area (Å²) in [7, 11) is 0. The zero-order chi connectivity index (χ0) is 15.5. The number of Topliss-reactive ketones (excluding diaryl/α,β-unsaturated/α-hetero) is 1. The summed E-state index contributed by atoms with van der Waals surface area (Å²) in [6.45, 7) is 6.97. The van der Waals surface area contributed by atoms with Crippen molar-refractivity contribution in [1.82, 2.24) is 9.80 Å². The Kier molecular flexibility index (Phi) is 5.41. The number of ketones is 1. The predicted molar refractivity (Wildman–Crippen MR) is 86.2 cm³/mol.